The molecule has 0 atom stereocenters. The fraction of sp³-hybridized carbons (Fsp3) is 0.588. The van der Waals surface area contributed by atoms with Gasteiger partial charge in [-0.25, -0.2) is 8.78 Å². The molecule has 1 aromatic rings. The number of benzene rings is 1. The van der Waals surface area contributed by atoms with Crippen molar-refractivity contribution in [2.45, 2.75) is 47.9 Å². The van der Waals surface area contributed by atoms with Crippen LogP contribution in [0.15, 0.2) is 12.1 Å². The Morgan fingerprint density at radius 1 is 0.711 bits per heavy atom. The van der Waals surface area contributed by atoms with E-state index in [-0.39, 0.29) is 0 Å². The highest BCUT2D eigenvalue weighted by Crippen LogP contribution is 2.62. The predicted molar refractivity (Wildman–Crippen MR) is 93.8 cm³/mol. The Hall–Kier alpha value is -2.54. The van der Waals surface area contributed by atoms with Crippen LogP contribution in [-0.4, -0.2) is 68.0 Å². The number of amides is 1. The van der Waals surface area contributed by atoms with E-state index in [2.05, 4.69) is 9.47 Å². The van der Waals surface area contributed by atoms with Crippen LogP contribution in [0.2, 0.25) is 5.02 Å². The summed E-state index contributed by atoms with van der Waals surface area (Å²) >= 11 is 5.62. The minimum Gasteiger partial charge on any atom is -0.495 e. The molecule has 0 fully saturated rings. The fourth-order valence-electron chi connectivity index (χ4n) is 2.44. The SMILES string of the molecule is COc1cc(NC(=O)C(F)(F)C(F)(F)C(F)(F)C(F)(F)C(F)(F)C(F)(F)C(F)(F)C(F)F)c(OC)cc1Cl. The number of nitrogens with one attached hydrogen (secondary N) is 1. The molecule has 21 heteroatoms. The largest absolute Gasteiger partial charge is 0.495 e. The number of methoxy groups -OCH3 is 2. The maximum atomic E-state index is 14.1. The van der Waals surface area contributed by atoms with Gasteiger partial charge in [0, 0.05) is 12.1 Å². The zero-order valence-corrected chi connectivity index (χ0v) is 18.6. The Morgan fingerprint density at radius 2 is 1.11 bits per heavy atom. The molecule has 0 heterocycles. The summed E-state index contributed by atoms with van der Waals surface area (Å²) in [5.41, 5.74) is -1.15. The van der Waals surface area contributed by atoms with Crippen LogP contribution in [0, 0.1) is 0 Å². The molecule has 1 rings (SSSR count). The minimum absolute atomic E-state index is 0.394. The summed E-state index contributed by atoms with van der Waals surface area (Å²) in [5, 5.41) is 0.382. The average molecular weight is 616 g/mol. The van der Waals surface area contributed by atoms with E-state index < -0.39 is 76.0 Å². The Kier molecular flexibility index (Phi) is 8.72. The van der Waals surface area contributed by atoms with Crippen LogP contribution >= 0.6 is 11.6 Å². The summed E-state index contributed by atoms with van der Waals surface area (Å²) in [6.45, 7) is 0. The van der Waals surface area contributed by atoms with Gasteiger partial charge in [-0.15, -0.1) is 0 Å². The number of hydrogen-bond donors (Lipinski definition) is 1. The molecule has 0 saturated carbocycles. The van der Waals surface area contributed by atoms with Gasteiger partial charge in [0.1, 0.15) is 11.5 Å². The highest BCUT2D eigenvalue weighted by atomic mass is 35.5. The maximum absolute atomic E-state index is 14.1. The van der Waals surface area contributed by atoms with E-state index >= 15 is 0 Å². The number of carbonyl (C=O) groups excluding carboxylic acids is 1. The van der Waals surface area contributed by atoms with Crippen molar-refractivity contribution in [2.24, 2.45) is 0 Å². The molecule has 0 saturated heterocycles. The summed E-state index contributed by atoms with van der Waals surface area (Å²) in [7, 11) is 1.62. The molecule has 1 aromatic carbocycles. The second kappa shape index (κ2) is 9.89. The van der Waals surface area contributed by atoms with Gasteiger partial charge in [0.25, 0.3) is 0 Å². The zero-order valence-electron chi connectivity index (χ0n) is 17.9. The molecule has 0 radical (unpaired) electrons. The van der Waals surface area contributed by atoms with E-state index in [1.54, 1.807) is 0 Å². The van der Waals surface area contributed by atoms with Gasteiger partial charge in [-0.1, -0.05) is 11.6 Å². The van der Waals surface area contributed by atoms with Crippen LogP contribution in [-0.2, 0) is 4.79 Å². The molecule has 0 aliphatic carbocycles. The first-order valence-corrected chi connectivity index (χ1v) is 9.27. The minimum atomic E-state index is -8.61. The van der Waals surface area contributed by atoms with Gasteiger partial charge in [-0.2, -0.15) is 61.5 Å². The van der Waals surface area contributed by atoms with E-state index in [4.69, 9.17) is 11.6 Å². The lowest BCUT2D eigenvalue weighted by molar-refractivity contribution is -0.443. The van der Waals surface area contributed by atoms with Crippen LogP contribution in [0.1, 0.15) is 0 Å². The number of alkyl halides is 16. The zero-order chi connectivity index (χ0) is 30.5. The van der Waals surface area contributed by atoms with Crippen molar-refractivity contribution < 1.29 is 84.5 Å². The number of ether oxygens (including phenoxy) is 2. The first kappa shape index (κ1) is 33.5. The maximum Gasteiger partial charge on any atom is 0.393 e. The molecule has 0 bridgehead atoms. The number of anilines is 1. The monoisotopic (exact) mass is 615 g/mol. The van der Waals surface area contributed by atoms with Gasteiger partial charge in [0.05, 0.1) is 24.9 Å². The lowest BCUT2D eigenvalue weighted by Gasteiger charge is -2.42. The summed E-state index contributed by atoms with van der Waals surface area (Å²) in [5.74, 6) is -61.7. The Labute approximate surface area is 204 Å². The van der Waals surface area contributed by atoms with Crippen LogP contribution < -0.4 is 14.8 Å². The molecule has 1 amide bonds. The predicted octanol–water partition coefficient (Wildman–Crippen LogP) is 7.01. The highest BCUT2D eigenvalue weighted by Gasteiger charge is 2.94. The van der Waals surface area contributed by atoms with Crippen molar-refractivity contribution >= 4 is 23.2 Å². The lowest BCUT2D eigenvalue weighted by Crippen LogP contribution is -2.74. The van der Waals surface area contributed by atoms with Crippen molar-refractivity contribution in [3.8, 4) is 11.5 Å². The van der Waals surface area contributed by atoms with Crippen molar-refractivity contribution in [1.82, 2.24) is 0 Å². The van der Waals surface area contributed by atoms with Crippen LogP contribution in [0.25, 0.3) is 0 Å². The van der Waals surface area contributed by atoms with Crippen LogP contribution in [0.4, 0.5) is 75.9 Å². The Bertz CT molecular complexity index is 1050. The summed E-state index contributed by atoms with van der Waals surface area (Å²) < 4.78 is 223. The molecular weight excluding hydrogens is 606 g/mol. The van der Waals surface area contributed by atoms with E-state index in [1.807, 2.05) is 0 Å². The summed E-state index contributed by atoms with van der Waals surface area (Å²) in [6, 6.07) is 1.09. The standard InChI is InChI=1S/C17H10ClF16NO3/c1-37-7-4-6(8(38-2)3-5(7)18)35-10(36)12(23,24)14(27,28)16(31,32)17(33,34)15(29,30)13(25,26)11(21,22)9(19)20/h3-4,9H,1-2H3,(H,35,36). The van der Waals surface area contributed by atoms with E-state index in [1.165, 1.54) is 0 Å². The number of hydrogen-bond acceptors (Lipinski definition) is 3. The van der Waals surface area contributed by atoms with Gasteiger partial charge in [-0.3, -0.25) is 4.79 Å². The molecule has 4 nitrogen and oxygen atoms in total. The molecule has 0 aromatic heterocycles. The first-order chi connectivity index (χ1) is 16.7. The third-order valence-corrected chi connectivity index (χ3v) is 4.97. The number of rotatable bonds is 11. The first-order valence-electron chi connectivity index (χ1n) is 8.89. The normalized spacial score (nSPS) is 14.5. The number of carbonyl (C=O) groups is 1. The van der Waals surface area contributed by atoms with Gasteiger partial charge >= 0.3 is 53.8 Å². The topological polar surface area (TPSA) is 47.6 Å². The molecular formula is C17H10ClF16NO3. The van der Waals surface area contributed by atoms with Crippen LogP contribution in [0.3, 0.4) is 0 Å². The van der Waals surface area contributed by atoms with Gasteiger partial charge in [-0.05, 0) is 0 Å². The smallest absolute Gasteiger partial charge is 0.393 e. The number of halogens is 17. The molecule has 0 aliphatic heterocycles. The van der Waals surface area contributed by atoms with Crippen molar-refractivity contribution in [3.63, 3.8) is 0 Å². The van der Waals surface area contributed by atoms with Crippen molar-refractivity contribution in [2.75, 3.05) is 19.5 Å². The second-order valence-corrected chi connectivity index (χ2v) is 7.42. The third-order valence-electron chi connectivity index (χ3n) is 4.67. The van der Waals surface area contributed by atoms with Crippen LogP contribution in [0.5, 0.6) is 11.5 Å². The lowest BCUT2D eigenvalue weighted by atomic mass is 9.89. The fourth-order valence-corrected chi connectivity index (χ4v) is 2.67. The highest BCUT2D eigenvalue weighted by molar-refractivity contribution is 6.32. The van der Waals surface area contributed by atoms with Gasteiger partial charge in [0.2, 0.25) is 0 Å². The van der Waals surface area contributed by atoms with Crippen molar-refractivity contribution in [3.05, 3.63) is 17.2 Å². The summed E-state index contributed by atoms with van der Waals surface area (Å²) in [6.07, 6.45) is -5.95. The molecule has 1 N–H and O–H groups in total. The molecule has 0 unspecified atom stereocenters. The molecule has 0 aliphatic rings. The van der Waals surface area contributed by atoms with Gasteiger partial charge < -0.3 is 14.8 Å². The van der Waals surface area contributed by atoms with Crippen molar-refractivity contribution in [1.29, 1.82) is 0 Å². The Balaban J connectivity index is 3.62. The van der Waals surface area contributed by atoms with E-state index in [0.29, 0.717) is 12.1 Å². The Morgan fingerprint density at radius 3 is 1.50 bits per heavy atom. The molecule has 38 heavy (non-hydrogen) atoms. The van der Waals surface area contributed by atoms with E-state index in [9.17, 15) is 75.0 Å². The second-order valence-electron chi connectivity index (χ2n) is 7.01. The summed E-state index contributed by atoms with van der Waals surface area (Å²) in [4.78, 5) is 11.7. The van der Waals surface area contributed by atoms with E-state index in [0.717, 1.165) is 19.5 Å². The quantitative estimate of drug-likeness (QED) is 0.273. The molecule has 0 spiro atoms. The molecule has 220 valence electrons. The third kappa shape index (κ3) is 4.61. The van der Waals surface area contributed by atoms with Gasteiger partial charge in [0.15, 0.2) is 0 Å². The average Bonchev–Trinajstić information content (AvgIpc) is 2.78.